The lowest BCUT2D eigenvalue weighted by Gasteiger charge is -2.33. The average Bonchev–Trinajstić information content (AvgIpc) is 3.20. The zero-order chi connectivity index (χ0) is 23.4. The van der Waals surface area contributed by atoms with Crippen LogP contribution in [0, 0.1) is 12.7 Å². The number of carbonyl (C=O) groups excluding carboxylic acids is 2. The molecule has 4 nitrogen and oxygen atoms in total. The van der Waals surface area contributed by atoms with Crippen LogP contribution in [0.5, 0.6) is 0 Å². The molecule has 2 heterocycles. The lowest BCUT2D eigenvalue weighted by molar-refractivity contribution is -0.123. The van der Waals surface area contributed by atoms with Crippen molar-refractivity contribution >= 4 is 29.3 Å². The van der Waals surface area contributed by atoms with Crippen molar-refractivity contribution in [2.24, 2.45) is 0 Å². The molecule has 0 aliphatic carbocycles. The summed E-state index contributed by atoms with van der Waals surface area (Å²) in [6.07, 6.45) is 0. The average molecular weight is 461 g/mol. The van der Waals surface area contributed by atoms with Gasteiger partial charge in [-0.1, -0.05) is 54.1 Å². The summed E-state index contributed by atoms with van der Waals surface area (Å²) in [7, 11) is 0. The second-order valence-electron chi connectivity index (χ2n) is 9.30. The molecule has 1 saturated heterocycles. The minimum absolute atomic E-state index is 0.132. The Hall–Kier alpha value is -3.12. The minimum atomic E-state index is -1.19. The highest BCUT2D eigenvalue weighted by Crippen LogP contribution is 2.60. The molecule has 2 aliphatic rings. The normalized spacial score (nSPS) is 21.0. The van der Waals surface area contributed by atoms with Crippen molar-refractivity contribution in [2.75, 3.05) is 11.4 Å². The van der Waals surface area contributed by atoms with Crippen LogP contribution >= 0.6 is 11.8 Å². The van der Waals surface area contributed by atoms with Crippen LogP contribution in [0.3, 0.4) is 0 Å². The van der Waals surface area contributed by atoms with Crippen LogP contribution in [0.4, 0.5) is 10.1 Å². The minimum Gasteiger partial charge on any atom is -0.310 e. The van der Waals surface area contributed by atoms with E-state index in [4.69, 9.17) is 0 Å². The molecule has 0 aromatic heterocycles. The van der Waals surface area contributed by atoms with Gasteiger partial charge in [-0.15, -0.1) is 11.8 Å². The molecule has 0 bridgehead atoms. The zero-order valence-electron chi connectivity index (χ0n) is 18.8. The molecular formula is C27H25FN2O2S. The largest absolute Gasteiger partial charge is 0.310 e. The fourth-order valence-electron chi connectivity index (χ4n) is 4.82. The smallest absolute Gasteiger partial charge is 0.268 e. The zero-order valence-corrected chi connectivity index (χ0v) is 19.7. The number of benzene rings is 3. The number of anilines is 1. The summed E-state index contributed by atoms with van der Waals surface area (Å²) in [4.78, 5) is 30.2. The molecule has 3 aromatic rings. The number of aryl methyl sites for hydroxylation is 1. The third-order valence-corrected chi connectivity index (χ3v) is 7.78. The Morgan fingerprint density at radius 2 is 1.79 bits per heavy atom. The van der Waals surface area contributed by atoms with Gasteiger partial charge in [0.25, 0.3) is 11.8 Å². The Balaban J connectivity index is 1.66. The summed E-state index contributed by atoms with van der Waals surface area (Å²) in [5.41, 5.74) is 3.92. The van der Waals surface area contributed by atoms with Crippen molar-refractivity contribution in [3.8, 4) is 0 Å². The van der Waals surface area contributed by atoms with Gasteiger partial charge in [0.1, 0.15) is 5.82 Å². The van der Waals surface area contributed by atoms with E-state index in [0.717, 1.165) is 22.4 Å². The first-order chi connectivity index (χ1) is 15.7. The summed E-state index contributed by atoms with van der Waals surface area (Å²) >= 11 is 1.51. The Morgan fingerprint density at radius 1 is 1.03 bits per heavy atom. The lowest BCUT2D eigenvalue weighted by Crippen LogP contribution is -2.50. The molecule has 0 unspecified atom stereocenters. The molecular weight excluding hydrogens is 435 g/mol. The maximum Gasteiger partial charge on any atom is 0.268 e. The molecule has 1 spiro atoms. The maximum absolute atomic E-state index is 14.2. The van der Waals surface area contributed by atoms with E-state index in [0.29, 0.717) is 13.1 Å². The molecule has 6 heteroatoms. The summed E-state index contributed by atoms with van der Waals surface area (Å²) in [5.74, 6) is -0.942. The molecule has 168 valence electrons. The number of thioether (sulfide) groups is 1. The number of hydrogen-bond acceptors (Lipinski definition) is 3. The van der Waals surface area contributed by atoms with Gasteiger partial charge in [0.15, 0.2) is 4.87 Å². The van der Waals surface area contributed by atoms with Gasteiger partial charge in [-0.25, -0.2) is 4.39 Å². The van der Waals surface area contributed by atoms with Gasteiger partial charge in [-0.2, -0.15) is 0 Å². The van der Waals surface area contributed by atoms with E-state index in [2.05, 4.69) is 0 Å². The van der Waals surface area contributed by atoms with Gasteiger partial charge in [-0.05, 0) is 50.6 Å². The molecule has 0 saturated carbocycles. The fraction of sp³-hybridized carbons (Fsp3) is 0.259. The second kappa shape index (κ2) is 7.73. The highest BCUT2D eigenvalue weighted by atomic mass is 32.2. The van der Waals surface area contributed by atoms with Gasteiger partial charge in [-0.3, -0.25) is 9.59 Å². The monoisotopic (exact) mass is 460 g/mol. The van der Waals surface area contributed by atoms with Crippen LogP contribution in [-0.4, -0.2) is 28.0 Å². The van der Waals surface area contributed by atoms with Gasteiger partial charge in [0, 0.05) is 22.4 Å². The maximum atomic E-state index is 14.2. The van der Waals surface area contributed by atoms with Gasteiger partial charge < -0.3 is 9.80 Å². The van der Waals surface area contributed by atoms with E-state index in [1.165, 1.54) is 30.0 Å². The van der Waals surface area contributed by atoms with Crippen LogP contribution in [0.1, 0.15) is 40.9 Å². The Labute approximate surface area is 197 Å². The van der Waals surface area contributed by atoms with E-state index in [1.807, 2.05) is 69.3 Å². The van der Waals surface area contributed by atoms with Crippen LogP contribution in [-0.2, 0) is 16.2 Å². The number of nitrogens with zero attached hydrogens (tertiary/aromatic N) is 2. The van der Waals surface area contributed by atoms with Gasteiger partial charge in [0.2, 0.25) is 0 Å². The first-order valence-corrected chi connectivity index (χ1v) is 11.8. The van der Waals surface area contributed by atoms with E-state index < -0.39 is 10.7 Å². The predicted octanol–water partition coefficient (Wildman–Crippen LogP) is 5.50. The Bertz CT molecular complexity index is 1260. The molecule has 1 fully saturated rings. The topological polar surface area (TPSA) is 40.6 Å². The quantitative estimate of drug-likeness (QED) is 0.518. The molecule has 1 atom stereocenters. The van der Waals surface area contributed by atoms with Crippen LogP contribution in [0.25, 0.3) is 0 Å². The van der Waals surface area contributed by atoms with Crippen molar-refractivity contribution in [1.29, 1.82) is 0 Å². The van der Waals surface area contributed by atoms with Crippen molar-refractivity contribution in [3.63, 3.8) is 0 Å². The number of fused-ring (bicyclic) bond motifs is 2. The Kier molecular flexibility index (Phi) is 5.09. The SMILES string of the molecule is Cc1ccc2c(c1)[C@]1(SC(C)(C)CN1C(=O)c1cccc(F)c1)C(=O)N2Cc1ccccc1. The predicted molar refractivity (Wildman–Crippen MR) is 130 cm³/mol. The van der Waals surface area contributed by atoms with E-state index in [9.17, 15) is 14.0 Å². The highest BCUT2D eigenvalue weighted by Gasteiger charge is 2.63. The van der Waals surface area contributed by atoms with Crippen molar-refractivity contribution < 1.29 is 14.0 Å². The lowest BCUT2D eigenvalue weighted by atomic mass is 10.0. The number of amides is 2. The highest BCUT2D eigenvalue weighted by molar-refractivity contribution is 8.02. The van der Waals surface area contributed by atoms with E-state index in [1.54, 1.807) is 15.9 Å². The van der Waals surface area contributed by atoms with E-state index in [-0.39, 0.29) is 22.1 Å². The van der Waals surface area contributed by atoms with Crippen molar-refractivity contribution in [2.45, 2.75) is 36.9 Å². The molecule has 33 heavy (non-hydrogen) atoms. The number of carbonyl (C=O) groups is 2. The van der Waals surface area contributed by atoms with Crippen LogP contribution < -0.4 is 4.90 Å². The summed E-state index contributed by atoms with van der Waals surface area (Å²) in [6, 6.07) is 21.5. The summed E-state index contributed by atoms with van der Waals surface area (Å²) in [5, 5.41) is 0. The summed E-state index contributed by atoms with van der Waals surface area (Å²) < 4.78 is 13.6. The molecule has 5 rings (SSSR count). The number of halogens is 1. The second-order valence-corrected chi connectivity index (χ2v) is 11.2. The number of rotatable bonds is 3. The standard InChI is InChI=1S/C27H25FN2O2S/c1-18-12-13-23-22(14-18)27(25(32)29(23)16-19-8-5-4-6-9-19)30(17-26(2,3)33-27)24(31)20-10-7-11-21(28)15-20/h4-15H,16-17H2,1-3H3/t27-/m0/s1. The third kappa shape index (κ3) is 3.53. The van der Waals surface area contributed by atoms with Gasteiger partial charge >= 0.3 is 0 Å². The fourth-order valence-corrected chi connectivity index (χ4v) is 6.54. The van der Waals surface area contributed by atoms with E-state index >= 15 is 0 Å². The van der Waals surface area contributed by atoms with Gasteiger partial charge in [0.05, 0.1) is 12.2 Å². The molecule has 2 amide bonds. The Morgan fingerprint density at radius 3 is 2.52 bits per heavy atom. The van der Waals surface area contributed by atoms with Crippen molar-refractivity contribution in [3.05, 3.63) is 101 Å². The van der Waals surface area contributed by atoms with Crippen LogP contribution in [0.15, 0.2) is 72.8 Å². The first kappa shape index (κ1) is 21.7. The molecule has 2 aliphatic heterocycles. The molecule has 0 N–H and O–H groups in total. The molecule has 0 radical (unpaired) electrons. The van der Waals surface area contributed by atoms with Crippen LogP contribution in [0.2, 0.25) is 0 Å². The summed E-state index contributed by atoms with van der Waals surface area (Å²) in [6.45, 7) is 6.87. The first-order valence-electron chi connectivity index (χ1n) is 11.0. The number of hydrogen-bond donors (Lipinski definition) is 0. The third-order valence-electron chi connectivity index (χ3n) is 6.19. The molecule has 3 aromatic carbocycles. The van der Waals surface area contributed by atoms with Crippen molar-refractivity contribution in [1.82, 2.24) is 4.90 Å².